The number of esters is 1. The van der Waals surface area contributed by atoms with Gasteiger partial charge in [-0.15, -0.1) is 13.2 Å². The van der Waals surface area contributed by atoms with E-state index in [0.29, 0.717) is 12.2 Å². The molecule has 1 rings (SSSR count). The van der Waals surface area contributed by atoms with Crippen molar-refractivity contribution in [3.8, 4) is 5.75 Å². The van der Waals surface area contributed by atoms with Crippen molar-refractivity contribution in [3.63, 3.8) is 0 Å². The maximum absolute atomic E-state index is 11.1. The van der Waals surface area contributed by atoms with Crippen molar-refractivity contribution < 1.29 is 76.6 Å². The number of ether oxygens (including phenoxy) is 1. The van der Waals surface area contributed by atoms with Gasteiger partial charge in [0.2, 0.25) is 0 Å². The zero-order valence-electron chi connectivity index (χ0n) is 13.6. The van der Waals surface area contributed by atoms with E-state index in [1.807, 2.05) is 0 Å². The molecule has 96 valence electrons. The Hall–Kier alpha value is 0.150. The van der Waals surface area contributed by atoms with Gasteiger partial charge in [-0.2, -0.15) is 0 Å². The Labute approximate surface area is 156 Å². The van der Waals surface area contributed by atoms with Gasteiger partial charge in [-0.05, 0) is 31.2 Å². The predicted octanol–water partition coefficient (Wildman–Crippen LogP) is -3.07. The SMILES string of the molecule is C=C.CCOC(=O)c1ccc(O)cc1.N.N.[H-].[H-].[Na+].[Na+]. The third kappa shape index (κ3) is 12.6. The fourth-order valence-corrected chi connectivity index (χ4v) is 0.812. The minimum atomic E-state index is -0.363. The number of carbonyl (C=O) groups excluding carboxylic acids is 1. The third-order valence-electron chi connectivity index (χ3n) is 1.38. The summed E-state index contributed by atoms with van der Waals surface area (Å²) in [6.07, 6.45) is 0. The van der Waals surface area contributed by atoms with Gasteiger partial charge in [0.05, 0.1) is 12.2 Å². The molecule has 0 spiro atoms. The molecular weight excluding hydrogens is 254 g/mol. The molecule has 0 aromatic heterocycles. The van der Waals surface area contributed by atoms with Gasteiger partial charge in [0.25, 0.3) is 0 Å². The molecule has 18 heavy (non-hydrogen) atoms. The molecule has 0 fully saturated rings. The smallest absolute Gasteiger partial charge is 1.00 e. The van der Waals surface area contributed by atoms with Crippen molar-refractivity contribution in [1.82, 2.24) is 12.3 Å². The Morgan fingerprint density at radius 3 is 1.94 bits per heavy atom. The van der Waals surface area contributed by atoms with Crippen LogP contribution in [0, 0.1) is 0 Å². The first-order chi connectivity index (χ1) is 6.74. The van der Waals surface area contributed by atoms with Crippen molar-refractivity contribution in [1.29, 1.82) is 0 Å². The molecule has 0 amide bonds. The Morgan fingerprint density at radius 2 is 1.61 bits per heavy atom. The van der Waals surface area contributed by atoms with Crippen molar-refractivity contribution in [3.05, 3.63) is 43.0 Å². The van der Waals surface area contributed by atoms with Crippen LogP contribution in [0.4, 0.5) is 0 Å². The standard InChI is InChI=1S/C9H10O3.C2H4.2H3N.2Na.2H/c1-2-12-9(11)7-3-5-8(10)6-4-7;1-2;;;;;;/h3-6,10H,2H2,1H3;1-2H2;2*1H3;;;;/q;;;;2*+1;2*-1. The number of aromatic hydroxyl groups is 1. The number of carbonyl (C=O) groups is 1. The molecule has 0 aliphatic rings. The van der Waals surface area contributed by atoms with E-state index in [9.17, 15) is 4.79 Å². The van der Waals surface area contributed by atoms with Crippen LogP contribution in [0.3, 0.4) is 0 Å². The summed E-state index contributed by atoms with van der Waals surface area (Å²) in [5.74, 6) is -0.222. The second-order valence-corrected chi connectivity index (χ2v) is 2.27. The van der Waals surface area contributed by atoms with Crippen LogP contribution in [0.1, 0.15) is 20.1 Å². The van der Waals surface area contributed by atoms with Crippen LogP contribution in [0.15, 0.2) is 37.4 Å². The molecule has 0 saturated heterocycles. The monoisotopic (exact) mass is 276 g/mol. The first-order valence-corrected chi connectivity index (χ1v) is 4.20. The van der Waals surface area contributed by atoms with Gasteiger partial charge < -0.3 is 25.0 Å². The largest absolute Gasteiger partial charge is 1.00 e. The predicted molar refractivity (Wildman–Crippen MR) is 67.6 cm³/mol. The summed E-state index contributed by atoms with van der Waals surface area (Å²) < 4.78 is 4.75. The minimum absolute atomic E-state index is 0. The Bertz CT molecular complexity index is 304. The number of hydrogen-bond donors (Lipinski definition) is 3. The van der Waals surface area contributed by atoms with E-state index in [0.717, 1.165) is 0 Å². The fourth-order valence-electron chi connectivity index (χ4n) is 0.812. The second-order valence-electron chi connectivity index (χ2n) is 2.27. The number of phenolic OH excluding ortho intramolecular Hbond substituents is 1. The minimum Gasteiger partial charge on any atom is -1.00 e. The summed E-state index contributed by atoms with van der Waals surface area (Å²) >= 11 is 0. The van der Waals surface area contributed by atoms with E-state index in [-0.39, 0.29) is 86.0 Å². The first-order valence-electron chi connectivity index (χ1n) is 4.20. The number of phenols is 1. The summed E-state index contributed by atoms with van der Waals surface area (Å²) in [7, 11) is 0. The first kappa shape index (κ1) is 30.9. The summed E-state index contributed by atoms with van der Waals surface area (Å²) in [6.45, 7) is 8.11. The van der Waals surface area contributed by atoms with Gasteiger partial charge in [-0.3, -0.25) is 0 Å². The molecule has 7 heteroatoms. The molecule has 1 aromatic carbocycles. The summed E-state index contributed by atoms with van der Waals surface area (Å²) in [5, 5.41) is 8.92. The number of rotatable bonds is 2. The molecule has 0 bridgehead atoms. The Kier molecular flexibility index (Phi) is 33.4. The summed E-state index contributed by atoms with van der Waals surface area (Å²) in [4.78, 5) is 11.1. The molecule has 0 heterocycles. The topological polar surface area (TPSA) is 117 Å². The molecule has 0 atom stereocenters. The van der Waals surface area contributed by atoms with Crippen molar-refractivity contribution in [2.75, 3.05) is 6.61 Å². The maximum Gasteiger partial charge on any atom is 1.00 e. The molecule has 0 unspecified atom stereocenters. The van der Waals surface area contributed by atoms with Crippen LogP contribution in [0.25, 0.3) is 0 Å². The van der Waals surface area contributed by atoms with Gasteiger partial charge >= 0.3 is 65.1 Å². The van der Waals surface area contributed by atoms with Crippen molar-refractivity contribution >= 4 is 5.97 Å². The van der Waals surface area contributed by atoms with Crippen LogP contribution < -0.4 is 71.4 Å². The van der Waals surface area contributed by atoms with Crippen LogP contribution in [0.5, 0.6) is 5.75 Å². The third-order valence-corrected chi connectivity index (χ3v) is 1.38. The fraction of sp³-hybridized carbons (Fsp3) is 0.182. The maximum atomic E-state index is 11.1. The van der Waals surface area contributed by atoms with Gasteiger partial charge in [0.1, 0.15) is 5.75 Å². The quantitative estimate of drug-likeness (QED) is 0.301. The van der Waals surface area contributed by atoms with Crippen LogP contribution >= 0.6 is 0 Å². The molecule has 0 aliphatic heterocycles. The van der Waals surface area contributed by atoms with Crippen molar-refractivity contribution in [2.45, 2.75) is 6.92 Å². The van der Waals surface area contributed by atoms with E-state index in [4.69, 9.17) is 9.84 Å². The second kappa shape index (κ2) is 19.5. The molecule has 7 N–H and O–H groups in total. The molecule has 0 aliphatic carbocycles. The summed E-state index contributed by atoms with van der Waals surface area (Å²) in [5.41, 5.74) is 0.453. The van der Waals surface area contributed by atoms with Crippen LogP contribution in [-0.4, -0.2) is 17.7 Å². The number of hydrogen-bond acceptors (Lipinski definition) is 5. The molecule has 0 saturated carbocycles. The zero-order chi connectivity index (χ0) is 11.0. The Balaban J connectivity index is -0.0000000404. The van der Waals surface area contributed by atoms with Crippen LogP contribution in [-0.2, 0) is 4.74 Å². The van der Waals surface area contributed by atoms with Gasteiger partial charge in [-0.1, -0.05) is 0 Å². The van der Waals surface area contributed by atoms with E-state index in [1.165, 1.54) is 24.3 Å². The van der Waals surface area contributed by atoms with Gasteiger partial charge in [0.15, 0.2) is 0 Å². The number of benzene rings is 1. The zero-order valence-corrected chi connectivity index (χ0v) is 15.6. The van der Waals surface area contributed by atoms with Gasteiger partial charge in [0, 0.05) is 0 Å². The Morgan fingerprint density at radius 1 is 1.22 bits per heavy atom. The molecule has 0 radical (unpaired) electrons. The average Bonchev–Trinajstić information content (AvgIpc) is 2.22. The van der Waals surface area contributed by atoms with Gasteiger partial charge in [-0.25, -0.2) is 4.79 Å². The average molecular weight is 276 g/mol. The van der Waals surface area contributed by atoms with Crippen LogP contribution in [0.2, 0.25) is 0 Å². The molecule has 1 aromatic rings. The van der Waals surface area contributed by atoms with E-state index in [2.05, 4.69) is 13.2 Å². The van der Waals surface area contributed by atoms with Crippen molar-refractivity contribution in [2.24, 2.45) is 0 Å². The normalized spacial score (nSPS) is 6.50. The molecular formula is C11H22N2Na2O3. The summed E-state index contributed by atoms with van der Waals surface area (Å²) in [6, 6.07) is 5.94. The van der Waals surface area contributed by atoms with E-state index >= 15 is 0 Å². The van der Waals surface area contributed by atoms with E-state index in [1.54, 1.807) is 6.92 Å². The molecule has 5 nitrogen and oxygen atoms in total. The van der Waals surface area contributed by atoms with E-state index < -0.39 is 0 Å².